The minimum absolute atomic E-state index is 0.166. The molecule has 3 aromatic carbocycles. The Morgan fingerprint density at radius 1 is 0.875 bits per heavy atom. The van der Waals surface area contributed by atoms with Crippen LogP contribution in [0.5, 0.6) is 0 Å². The first-order valence-corrected chi connectivity index (χ1v) is 10.8. The van der Waals surface area contributed by atoms with E-state index >= 15 is 0 Å². The van der Waals surface area contributed by atoms with Gasteiger partial charge in [0.25, 0.3) is 0 Å². The van der Waals surface area contributed by atoms with Crippen molar-refractivity contribution in [3.05, 3.63) is 94.5 Å². The van der Waals surface area contributed by atoms with Gasteiger partial charge in [-0.3, -0.25) is 4.79 Å². The lowest BCUT2D eigenvalue weighted by Gasteiger charge is -2.24. The lowest BCUT2D eigenvalue weighted by Crippen LogP contribution is -2.39. The third-order valence-electron chi connectivity index (χ3n) is 6.20. The molecule has 3 N–H and O–H groups in total. The molecule has 0 aliphatic heterocycles. The summed E-state index contributed by atoms with van der Waals surface area (Å²) in [5, 5.41) is 28.4. The fourth-order valence-electron chi connectivity index (χ4n) is 3.80. The third-order valence-corrected chi connectivity index (χ3v) is 6.20. The number of carboxylic acid groups (broad SMARTS) is 1. The topological polar surface area (TPSA) is 77.8 Å². The van der Waals surface area contributed by atoms with Crippen molar-refractivity contribution in [2.45, 2.75) is 26.7 Å². The maximum Gasteiger partial charge on any atom is 0.314 e. The molecule has 0 aliphatic rings. The Bertz CT molecular complexity index is 1100. The van der Waals surface area contributed by atoms with Crippen LogP contribution in [-0.4, -0.2) is 34.5 Å². The summed E-state index contributed by atoms with van der Waals surface area (Å²) in [7, 11) is 0. The van der Waals surface area contributed by atoms with E-state index in [1.807, 2.05) is 43.3 Å². The van der Waals surface area contributed by atoms with Crippen LogP contribution < -0.4 is 0 Å². The highest BCUT2D eigenvalue weighted by atomic mass is 16.4. The molecule has 0 heterocycles. The van der Waals surface area contributed by atoms with Gasteiger partial charge in [-0.25, -0.2) is 0 Å². The van der Waals surface area contributed by atoms with Crippen molar-refractivity contribution < 1.29 is 20.1 Å². The predicted octanol–water partition coefficient (Wildman–Crippen LogP) is 5.13. The Labute approximate surface area is 189 Å². The molecule has 3 aromatic rings. The SMILES string of the molecule is Cc1ccc(CCC(CO)(CO)C(=O)O)cc1/C=C/c1cccc(-c2ccccc2)c1C. The van der Waals surface area contributed by atoms with Crippen molar-refractivity contribution in [3.8, 4) is 11.1 Å². The number of aliphatic carboxylic acids is 1. The molecule has 0 bridgehead atoms. The van der Waals surface area contributed by atoms with Gasteiger partial charge < -0.3 is 15.3 Å². The predicted molar refractivity (Wildman–Crippen MR) is 129 cm³/mol. The van der Waals surface area contributed by atoms with Gasteiger partial charge in [0.2, 0.25) is 0 Å². The second kappa shape index (κ2) is 10.4. The Hall–Kier alpha value is -3.21. The lowest BCUT2D eigenvalue weighted by atomic mass is 9.83. The maximum absolute atomic E-state index is 11.5. The summed E-state index contributed by atoms with van der Waals surface area (Å²) in [6, 6.07) is 22.6. The average molecular weight is 431 g/mol. The number of rotatable bonds is 9. The zero-order valence-electron chi connectivity index (χ0n) is 18.6. The van der Waals surface area contributed by atoms with Crippen LogP contribution in [0, 0.1) is 19.3 Å². The molecule has 0 aromatic heterocycles. The number of benzene rings is 3. The van der Waals surface area contributed by atoms with Crippen LogP contribution >= 0.6 is 0 Å². The van der Waals surface area contributed by atoms with Gasteiger partial charge >= 0.3 is 5.97 Å². The molecule has 166 valence electrons. The summed E-state index contributed by atoms with van der Waals surface area (Å²) in [6.07, 6.45) is 4.81. The summed E-state index contributed by atoms with van der Waals surface area (Å²) in [4.78, 5) is 11.5. The van der Waals surface area contributed by atoms with E-state index in [0.29, 0.717) is 6.42 Å². The zero-order chi connectivity index (χ0) is 23.1. The smallest absolute Gasteiger partial charge is 0.314 e. The molecule has 0 spiro atoms. The second-order valence-corrected chi connectivity index (χ2v) is 8.31. The Balaban J connectivity index is 1.84. The summed E-state index contributed by atoms with van der Waals surface area (Å²) >= 11 is 0. The fraction of sp³-hybridized carbons (Fsp3) is 0.250. The Morgan fingerprint density at radius 3 is 2.22 bits per heavy atom. The molecule has 0 saturated carbocycles. The summed E-state index contributed by atoms with van der Waals surface area (Å²) in [5.41, 5.74) is 6.37. The fourth-order valence-corrected chi connectivity index (χ4v) is 3.80. The number of aryl methyl sites for hydroxylation is 2. The first kappa shape index (κ1) is 23.5. The van der Waals surface area contributed by atoms with E-state index in [1.165, 1.54) is 16.7 Å². The molecule has 0 amide bonds. The molecule has 4 heteroatoms. The number of carboxylic acids is 1. The zero-order valence-corrected chi connectivity index (χ0v) is 18.6. The van der Waals surface area contributed by atoms with Crippen LogP contribution in [0.15, 0.2) is 66.7 Å². The number of hydrogen-bond donors (Lipinski definition) is 3. The highest BCUT2D eigenvalue weighted by Gasteiger charge is 2.37. The van der Waals surface area contributed by atoms with Gasteiger partial charge in [0.1, 0.15) is 5.41 Å². The van der Waals surface area contributed by atoms with Crippen LogP contribution in [0.2, 0.25) is 0 Å². The summed E-state index contributed by atoms with van der Waals surface area (Å²) in [6.45, 7) is 2.99. The maximum atomic E-state index is 11.5. The molecule has 0 saturated heterocycles. The molecule has 32 heavy (non-hydrogen) atoms. The largest absolute Gasteiger partial charge is 0.481 e. The van der Waals surface area contributed by atoms with E-state index in [9.17, 15) is 20.1 Å². The van der Waals surface area contributed by atoms with Crippen molar-refractivity contribution >= 4 is 18.1 Å². The van der Waals surface area contributed by atoms with Gasteiger partial charge in [0.05, 0.1) is 13.2 Å². The minimum Gasteiger partial charge on any atom is -0.481 e. The van der Waals surface area contributed by atoms with Crippen LogP contribution in [-0.2, 0) is 11.2 Å². The quantitative estimate of drug-likeness (QED) is 0.411. The highest BCUT2D eigenvalue weighted by molar-refractivity contribution is 5.78. The van der Waals surface area contributed by atoms with Crippen LogP contribution in [0.3, 0.4) is 0 Å². The number of hydrogen-bond acceptors (Lipinski definition) is 3. The van der Waals surface area contributed by atoms with Crippen molar-refractivity contribution in [2.75, 3.05) is 13.2 Å². The molecular formula is C28H30O4. The molecule has 0 unspecified atom stereocenters. The van der Waals surface area contributed by atoms with Crippen molar-refractivity contribution in [1.29, 1.82) is 0 Å². The van der Waals surface area contributed by atoms with Crippen LogP contribution in [0.4, 0.5) is 0 Å². The van der Waals surface area contributed by atoms with Gasteiger partial charge in [0, 0.05) is 0 Å². The van der Waals surface area contributed by atoms with E-state index in [2.05, 4.69) is 49.4 Å². The first-order valence-electron chi connectivity index (χ1n) is 10.8. The standard InChI is InChI=1S/C28H30O4/c1-20-11-12-22(15-16-28(18-29,19-30)27(31)32)17-25(20)14-13-23-9-6-10-26(21(23)2)24-7-4-3-5-8-24/h3-14,17,29-30H,15-16,18-19H2,1-2H3,(H,31,32)/b14-13+. The highest BCUT2D eigenvalue weighted by Crippen LogP contribution is 2.28. The van der Waals surface area contributed by atoms with Gasteiger partial charge in [-0.1, -0.05) is 78.9 Å². The van der Waals surface area contributed by atoms with Crippen LogP contribution in [0.1, 0.15) is 34.2 Å². The second-order valence-electron chi connectivity index (χ2n) is 8.31. The van der Waals surface area contributed by atoms with E-state index in [0.717, 1.165) is 22.3 Å². The van der Waals surface area contributed by atoms with E-state index in [-0.39, 0.29) is 6.42 Å². The van der Waals surface area contributed by atoms with E-state index < -0.39 is 24.6 Å². The molecular weight excluding hydrogens is 400 g/mol. The van der Waals surface area contributed by atoms with Gasteiger partial charge in [-0.2, -0.15) is 0 Å². The minimum atomic E-state index is -1.52. The molecule has 0 radical (unpaired) electrons. The average Bonchev–Trinajstić information content (AvgIpc) is 2.81. The van der Waals surface area contributed by atoms with Crippen molar-refractivity contribution in [3.63, 3.8) is 0 Å². The number of carbonyl (C=O) groups is 1. The monoisotopic (exact) mass is 430 g/mol. The van der Waals surface area contributed by atoms with Gasteiger partial charge in [-0.15, -0.1) is 0 Å². The summed E-state index contributed by atoms with van der Waals surface area (Å²) in [5.74, 6) is -1.18. The van der Waals surface area contributed by atoms with E-state index in [4.69, 9.17) is 0 Å². The third kappa shape index (κ3) is 5.16. The molecule has 0 aliphatic carbocycles. The summed E-state index contributed by atoms with van der Waals surface area (Å²) < 4.78 is 0. The molecule has 0 atom stereocenters. The molecule has 4 nitrogen and oxygen atoms in total. The number of aliphatic hydroxyl groups excluding tert-OH is 2. The number of aliphatic hydroxyl groups is 2. The lowest BCUT2D eigenvalue weighted by molar-refractivity contribution is -0.155. The molecule has 3 rings (SSSR count). The van der Waals surface area contributed by atoms with E-state index in [1.54, 1.807) is 0 Å². The molecule has 0 fully saturated rings. The van der Waals surface area contributed by atoms with Crippen molar-refractivity contribution in [1.82, 2.24) is 0 Å². The Kier molecular flexibility index (Phi) is 7.62. The van der Waals surface area contributed by atoms with Gasteiger partial charge in [-0.05, 0) is 65.6 Å². The van der Waals surface area contributed by atoms with Gasteiger partial charge in [0.15, 0.2) is 0 Å². The van der Waals surface area contributed by atoms with Crippen molar-refractivity contribution in [2.24, 2.45) is 5.41 Å². The first-order chi connectivity index (χ1) is 15.4. The Morgan fingerprint density at radius 2 is 1.56 bits per heavy atom. The normalized spacial score (nSPS) is 11.8. The van der Waals surface area contributed by atoms with Crippen LogP contribution in [0.25, 0.3) is 23.3 Å².